The fourth-order valence-electron chi connectivity index (χ4n) is 3.96. The molecular formula is C21H39NO12. The van der Waals surface area contributed by atoms with Gasteiger partial charge in [0.1, 0.15) is 36.1 Å². The van der Waals surface area contributed by atoms with Gasteiger partial charge < -0.3 is 50.5 Å². The highest BCUT2D eigenvalue weighted by atomic mass is 17.2. The van der Waals surface area contributed by atoms with E-state index in [9.17, 15) is 40.5 Å². The quantitative estimate of drug-likeness (QED) is 0.0794. The van der Waals surface area contributed by atoms with Crippen molar-refractivity contribution in [2.75, 3.05) is 13.2 Å². The summed E-state index contributed by atoms with van der Waals surface area (Å²) in [6, 6.07) is 0. The molecular weight excluding hydrogens is 458 g/mol. The zero-order valence-electron chi connectivity index (χ0n) is 19.5. The van der Waals surface area contributed by atoms with E-state index < -0.39 is 67.5 Å². The van der Waals surface area contributed by atoms with E-state index in [0.717, 1.165) is 25.7 Å². The number of ether oxygens (including phenoxy) is 2. The second-order valence-corrected chi connectivity index (χ2v) is 8.90. The van der Waals surface area contributed by atoms with Gasteiger partial charge in [-0.25, -0.2) is 9.78 Å². The Morgan fingerprint density at radius 3 is 2.32 bits per heavy atom. The SMILES string of the molecule is CCCCCCC(=O)NCC[C@]1(O)[C@H](O)O[C@H](CO)[C@H](O)[C@@H]1OO[C@@H]1O[C@H](C)[C@@H](O)[C@H](O)[C@H]1O. The molecule has 0 radical (unpaired) electrons. The summed E-state index contributed by atoms with van der Waals surface area (Å²) in [5.74, 6) is -0.242. The van der Waals surface area contributed by atoms with Crippen molar-refractivity contribution in [3.63, 3.8) is 0 Å². The minimum Gasteiger partial charge on any atom is -0.394 e. The van der Waals surface area contributed by atoms with Gasteiger partial charge in [0.05, 0.1) is 12.7 Å². The van der Waals surface area contributed by atoms with E-state index in [1.54, 1.807) is 0 Å². The number of aliphatic hydroxyl groups is 7. The third-order valence-corrected chi connectivity index (χ3v) is 6.26. The molecule has 34 heavy (non-hydrogen) atoms. The lowest BCUT2D eigenvalue weighted by atomic mass is 9.84. The first-order valence-corrected chi connectivity index (χ1v) is 11.7. The van der Waals surface area contributed by atoms with Gasteiger partial charge >= 0.3 is 0 Å². The summed E-state index contributed by atoms with van der Waals surface area (Å²) in [4.78, 5) is 22.2. The van der Waals surface area contributed by atoms with Gasteiger partial charge in [-0.15, -0.1) is 0 Å². The number of aliphatic hydroxyl groups excluding tert-OH is 6. The van der Waals surface area contributed by atoms with Gasteiger partial charge in [0, 0.05) is 19.4 Å². The van der Waals surface area contributed by atoms with E-state index in [0.29, 0.717) is 6.42 Å². The van der Waals surface area contributed by atoms with Gasteiger partial charge in [0.25, 0.3) is 0 Å². The van der Waals surface area contributed by atoms with Crippen molar-refractivity contribution in [3.8, 4) is 0 Å². The molecule has 13 heteroatoms. The van der Waals surface area contributed by atoms with E-state index in [4.69, 9.17) is 19.2 Å². The zero-order valence-corrected chi connectivity index (χ0v) is 19.5. The predicted octanol–water partition coefficient (Wildman–Crippen LogP) is -2.59. The molecule has 2 heterocycles. The maximum atomic E-state index is 12.0. The number of nitrogens with one attached hydrogen (secondary N) is 1. The van der Waals surface area contributed by atoms with Crippen molar-refractivity contribution in [2.45, 2.75) is 113 Å². The predicted molar refractivity (Wildman–Crippen MR) is 114 cm³/mol. The fourth-order valence-corrected chi connectivity index (χ4v) is 3.96. The Kier molecular flexibility index (Phi) is 11.5. The van der Waals surface area contributed by atoms with Crippen molar-refractivity contribution in [1.82, 2.24) is 5.32 Å². The average Bonchev–Trinajstić information content (AvgIpc) is 2.80. The number of hydrogen-bond donors (Lipinski definition) is 8. The van der Waals surface area contributed by atoms with Gasteiger partial charge in [0.2, 0.25) is 12.2 Å². The molecule has 200 valence electrons. The number of amides is 1. The van der Waals surface area contributed by atoms with E-state index in [-0.39, 0.29) is 18.9 Å². The molecule has 1 amide bonds. The van der Waals surface area contributed by atoms with Crippen LogP contribution in [0.5, 0.6) is 0 Å². The standard InChI is InChI=1S/C21H39NO12/c1-3-4-5-6-7-13(24)22-9-8-21(30)18(15(26)12(10-23)32-20(21)29)33-34-19-17(28)16(27)14(25)11(2)31-19/h11-12,14-20,23,25-30H,3-10H2,1-2H3,(H,22,24)/t11-,12-,14-,15+,16+,17-,18+,19+,20-,21-/m1/s1. The Bertz CT molecular complexity index is 627. The van der Waals surface area contributed by atoms with Crippen LogP contribution in [-0.2, 0) is 24.0 Å². The van der Waals surface area contributed by atoms with Crippen LogP contribution in [-0.4, -0.2) is 116 Å². The third kappa shape index (κ3) is 7.04. The summed E-state index contributed by atoms with van der Waals surface area (Å²) in [6.07, 6.45) is -10.2. The number of carbonyl (C=O) groups is 1. The molecule has 0 bridgehead atoms. The van der Waals surface area contributed by atoms with Crippen LogP contribution in [0.4, 0.5) is 0 Å². The van der Waals surface area contributed by atoms with Gasteiger partial charge in [-0.3, -0.25) is 4.79 Å². The van der Waals surface area contributed by atoms with Crippen molar-refractivity contribution in [3.05, 3.63) is 0 Å². The summed E-state index contributed by atoms with van der Waals surface area (Å²) >= 11 is 0. The van der Waals surface area contributed by atoms with Crippen molar-refractivity contribution in [2.24, 2.45) is 0 Å². The van der Waals surface area contributed by atoms with Gasteiger partial charge in [-0.05, 0) is 13.3 Å². The molecule has 0 aromatic rings. The topological polar surface area (TPSA) is 208 Å². The highest BCUT2D eigenvalue weighted by Crippen LogP contribution is 2.34. The molecule has 10 atom stereocenters. The number of carbonyl (C=O) groups excluding carboxylic acids is 1. The molecule has 2 rings (SSSR count). The summed E-state index contributed by atoms with van der Waals surface area (Å²) in [7, 11) is 0. The minimum atomic E-state index is -2.29. The molecule has 0 spiro atoms. The molecule has 13 nitrogen and oxygen atoms in total. The van der Waals surface area contributed by atoms with Gasteiger partial charge in [0.15, 0.2) is 12.4 Å². The second-order valence-electron chi connectivity index (χ2n) is 8.90. The zero-order chi connectivity index (χ0) is 25.5. The maximum absolute atomic E-state index is 12.0. The molecule has 2 aliphatic rings. The molecule has 0 unspecified atom stereocenters. The van der Waals surface area contributed by atoms with Crippen LogP contribution in [0.1, 0.15) is 52.4 Å². The maximum Gasteiger partial charge on any atom is 0.220 e. The lowest BCUT2D eigenvalue weighted by molar-refractivity contribution is -0.475. The highest BCUT2D eigenvalue weighted by Gasteiger charge is 2.57. The molecule has 2 aliphatic heterocycles. The number of rotatable bonds is 12. The van der Waals surface area contributed by atoms with E-state index in [1.807, 2.05) is 0 Å². The van der Waals surface area contributed by atoms with Crippen LogP contribution >= 0.6 is 0 Å². The molecule has 0 saturated carbocycles. The first-order chi connectivity index (χ1) is 16.1. The molecule has 0 aliphatic carbocycles. The normalized spacial score (nSPS) is 40.8. The van der Waals surface area contributed by atoms with E-state index >= 15 is 0 Å². The fraction of sp³-hybridized carbons (Fsp3) is 0.952. The van der Waals surface area contributed by atoms with Gasteiger partial charge in [-0.2, -0.15) is 0 Å². The summed E-state index contributed by atoms with van der Waals surface area (Å²) < 4.78 is 10.4. The Hall–Kier alpha value is -0.970. The monoisotopic (exact) mass is 497 g/mol. The van der Waals surface area contributed by atoms with Crippen LogP contribution in [0.3, 0.4) is 0 Å². The molecule has 2 fully saturated rings. The molecule has 0 aromatic heterocycles. The van der Waals surface area contributed by atoms with Crippen molar-refractivity contribution in [1.29, 1.82) is 0 Å². The lowest BCUT2D eigenvalue weighted by Crippen LogP contribution is -2.68. The Labute approximate surface area is 198 Å². The number of hydrogen-bond acceptors (Lipinski definition) is 12. The van der Waals surface area contributed by atoms with E-state index in [2.05, 4.69) is 12.2 Å². The largest absolute Gasteiger partial charge is 0.394 e. The van der Waals surface area contributed by atoms with Gasteiger partial charge in [-0.1, -0.05) is 26.2 Å². The summed E-state index contributed by atoms with van der Waals surface area (Å²) in [6.45, 7) is 2.67. The first-order valence-electron chi connectivity index (χ1n) is 11.7. The Morgan fingerprint density at radius 1 is 0.971 bits per heavy atom. The minimum absolute atomic E-state index is 0.0929. The van der Waals surface area contributed by atoms with E-state index in [1.165, 1.54) is 6.92 Å². The van der Waals surface area contributed by atoms with Crippen molar-refractivity contribution < 1.29 is 59.8 Å². The van der Waals surface area contributed by atoms with Crippen LogP contribution in [0.25, 0.3) is 0 Å². The number of unbranched alkanes of at least 4 members (excludes halogenated alkanes) is 3. The van der Waals surface area contributed by atoms with Crippen LogP contribution in [0, 0.1) is 0 Å². The first kappa shape index (κ1) is 29.3. The Balaban J connectivity index is 2.02. The average molecular weight is 498 g/mol. The third-order valence-electron chi connectivity index (χ3n) is 6.26. The van der Waals surface area contributed by atoms with Crippen LogP contribution < -0.4 is 5.32 Å². The highest BCUT2D eigenvalue weighted by molar-refractivity contribution is 5.75. The molecule has 0 aromatic carbocycles. The summed E-state index contributed by atoms with van der Waals surface area (Å²) in [5, 5.41) is 73.9. The second kappa shape index (κ2) is 13.4. The van der Waals surface area contributed by atoms with Crippen LogP contribution in [0.15, 0.2) is 0 Å². The molecule has 2 saturated heterocycles. The smallest absolute Gasteiger partial charge is 0.220 e. The van der Waals surface area contributed by atoms with Crippen LogP contribution in [0.2, 0.25) is 0 Å². The molecule has 8 N–H and O–H groups in total. The summed E-state index contributed by atoms with van der Waals surface area (Å²) in [5.41, 5.74) is -2.29. The lowest BCUT2D eigenvalue weighted by Gasteiger charge is -2.47. The van der Waals surface area contributed by atoms with Crippen molar-refractivity contribution >= 4 is 5.91 Å². The Morgan fingerprint density at radius 2 is 1.68 bits per heavy atom.